The number of para-hydroxylation sites is 2. The molecule has 0 saturated carbocycles. The predicted octanol–water partition coefficient (Wildman–Crippen LogP) is 3.60. The number of anilines is 1. The SMILES string of the molecule is CCOc1ccc2nc(SCC(=O)Nc3ccccc3[N+](=O)[O-])[nH]c2c1. The molecule has 0 aliphatic carbocycles. The molecule has 1 aromatic heterocycles. The number of aromatic nitrogens is 2. The van der Waals surface area contributed by atoms with Gasteiger partial charge in [-0.1, -0.05) is 23.9 Å². The molecule has 0 saturated heterocycles. The number of nitrogens with zero attached hydrogens (tertiary/aromatic N) is 2. The van der Waals surface area contributed by atoms with E-state index in [2.05, 4.69) is 15.3 Å². The van der Waals surface area contributed by atoms with Crippen molar-refractivity contribution in [2.45, 2.75) is 12.1 Å². The van der Waals surface area contributed by atoms with Gasteiger partial charge in [-0.05, 0) is 25.1 Å². The van der Waals surface area contributed by atoms with E-state index < -0.39 is 4.92 Å². The maximum Gasteiger partial charge on any atom is 0.292 e. The molecule has 9 heteroatoms. The lowest BCUT2D eigenvalue weighted by Gasteiger charge is -2.04. The van der Waals surface area contributed by atoms with Gasteiger partial charge < -0.3 is 15.0 Å². The van der Waals surface area contributed by atoms with Crippen LogP contribution in [0.25, 0.3) is 11.0 Å². The standard InChI is InChI=1S/C17H16N4O4S/c1-2-25-11-7-8-12-14(9-11)20-17(19-12)26-10-16(22)18-13-5-3-4-6-15(13)21(23)24/h3-9H,2,10H2,1H3,(H,18,22)(H,19,20). The van der Waals surface area contributed by atoms with Gasteiger partial charge in [0.25, 0.3) is 5.69 Å². The number of imidazole rings is 1. The van der Waals surface area contributed by atoms with Crippen LogP contribution in [0.4, 0.5) is 11.4 Å². The molecule has 26 heavy (non-hydrogen) atoms. The highest BCUT2D eigenvalue weighted by molar-refractivity contribution is 7.99. The lowest BCUT2D eigenvalue weighted by atomic mass is 10.2. The zero-order valence-corrected chi connectivity index (χ0v) is 14.7. The monoisotopic (exact) mass is 372 g/mol. The summed E-state index contributed by atoms with van der Waals surface area (Å²) in [7, 11) is 0. The Morgan fingerprint density at radius 1 is 1.35 bits per heavy atom. The molecule has 0 fully saturated rings. The molecule has 3 aromatic rings. The van der Waals surface area contributed by atoms with Crippen molar-refractivity contribution in [2.24, 2.45) is 0 Å². The summed E-state index contributed by atoms with van der Waals surface area (Å²) in [4.78, 5) is 30.1. The fourth-order valence-electron chi connectivity index (χ4n) is 2.35. The van der Waals surface area contributed by atoms with Crippen LogP contribution in [0.2, 0.25) is 0 Å². The summed E-state index contributed by atoms with van der Waals surface area (Å²) in [5.74, 6) is 0.471. The maximum atomic E-state index is 12.1. The molecule has 0 aliphatic rings. The van der Waals surface area contributed by atoms with Crippen LogP contribution in [0.1, 0.15) is 6.92 Å². The summed E-state index contributed by atoms with van der Waals surface area (Å²) in [6, 6.07) is 11.5. The molecule has 2 aromatic carbocycles. The number of thioether (sulfide) groups is 1. The fraction of sp³-hybridized carbons (Fsp3) is 0.176. The summed E-state index contributed by atoms with van der Waals surface area (Å²) < 4.78 is 5.44. The molecule has 0 bridgehead atoms. The molecule has 3 rings (SSSR count). The van der Waals surface area contributed by atoms with Crippen LogP contribution in [0.3, 0.4) is 0 Å². The minimum absolute atomic E-state index is 0.0736. The molecule has 1 heterocycles. The van der Waals surface area contributed by atoms with Crippen LogP contribution < -0.4 is 10.1 Å². The van der Waals surface area contributed by atoms with Gasteiger partial charge in [-0.3, -0.25) is 14.9 Å². The Bertz CT molecular complexity index is 957. The first-order chi connectivity index (χ1) is 12.6. The van der Waals surface area contributed by atoms with Crippen molar-refractivity contribution < 1.29 is 14.5 Å². The maximum absolute atomic E-state index is 12.1. The summed E-state index contributed by atoms with van der Waals surface area (Å²) >= 11 is 1.22. The highest BCUT2D eigenvalue weighted by atomic mass is 32.2. The highest BCUT2D eigenvalue weighted by Crippen LogP contribution is 2.25. The average Bonchev–Trinajstić information content (AvgIpc) is 3.03. The van der Waals surface area contributed by atoms with E-state index in [9.17, 15) is 14.9 Å². The molecule has 2 N–H and O–H groups in total. The molecule has 8 nitrogen and oxygen atoms in total. The third-order valence-electron chi connectivity index (χ3n) is 3.46. The van der Waals surface area contributed by atoms with Gasteiger partial charge in [0.1, 0.15) is 11.4 Å². The topological polar surface area (TPSA) is 110 Å². The Morgan fingerprint density at radius 2 is 2.15 bits per heavy atom. The number of fused-ring (bicyclic) bond motifs is 1. The fourth-order valence-corrected chi connectivity index (χ4v) is 3.03. The number of nitrogens with one attached hydrogen (secondary N) is 2. The number of hydrogen-bond acceptors (Lipinski definition) is 6. The van der Waals surface area contributed by atoms with Crippen LogP contribution in [-0.4, -0.2) is 33.2 Å². The number of nitro benzene ring substituents is 1. The largest absolute Gasteiger partial charge is 0.494 e. The van der Waals surface area contributed by atoms with E-state index in [1.54, 1.807) is 12.1 Å². The van der Waals surface area contributed by atoms with Crippen LogP contribution in [0, 0.1) is 10.1 Å². The second kappa shape index (κ2) is 7.87. The van der Waals surface area contributed by atoms with Gasteiger partial charge in [-0.25, -0.2) is 4.98 Å². The van der Waals surface area contributed by atoms with Crippen LogP contribution in [0.5, 0.6) is 5.75 Å². The lowest BCUT2D eigenvalue weighted by molar-refractivity contribution is -0.383. The van der Waals surface area contributed by atoms with E-state index in [4.69, 9.17) is 4.74 Å². The van der Waals surface area contributed by atoms with Crippen LogP contribution in [0.15, 0.2) is 47.6 Å². The third kappa shape index (κ3) is 4.12. The van der Waals surface area contributed by atoms with Crippen molar-refractivity contribution in [1.82, 2.24) is 9.97 Å². The number of H-pyrrole nitrogens is 1. The van der Waals surface area contributed by atoms with Crippen molar-refractivity contribution in [3.63, 3.8) is 0 Å². The molecule has 134 valence electrons. The Labute approximate surface area is 153 Å². The average molecular weight is 372 g/mol. The number of carbonyl (C=O) groups excluding carboxylic acids is 1. The van der Waals surface area contributed by atoms with Gasteiger partial charge in [-0.15, -0.1) is 0 Å². The summed E-state index contributed by atoms with van der Waals surface area (Å²) in [6.45, 7) is 2.49. The van der Waals surface area contributed by atoms with Crippen molar-refractivity contribution in [2.75, 3.05) is 17.7 Å². The number of hydrogen-bond donors (Lipinski definition) is 2. The first kappa shape index (κ1) is 17.7. The smallest absolute Gasteiger partial charge is 0.292 e. The van der Waals surface area contributed by atoms with Gasteiger partial charge in [0.2, 0.25) is 5.91 Å². The minimum atomic E-state index is -0.530. The van der Waals surface area contributed by atoms with Gasteiger partial charge in [0.05, 0.1) is 28.3 Å². The zero-order valence-electron chi connectivity index (χ0n) is 13.9. The molecule has 0 radical (unpaired) electrons. The van der Waals surface area contributed by atoms with E-state index in [-0.39, 0.29) is 23.0 Å². The Hall–Kier alpha value is -3.07. The zero-order chi connectivity index (χ0) is 18.5. The third-order valence-corrected chi connectivity index (χ3v) is 4.33. The van der Waals surface area contributed by atoms with Gasteiger partial charge in [0, 0.05) is 12.1 Å². The van der Waals surface area contributed by atoms with E-state index >= 15 is 0 Å². The number of aromatic amines is 1. The van der Waals surface area contributed by atoms with Gasteiger partial charge in [-0.2, -0.15) is 0 Å². The highest BCUT2D eigenvalue weighted by Gasteiger charge is 2.15. The molecule has 0 aliphatic heterocycles. The first-order valence-electron chi connectivity index (χ1n) is 7.85. The van der Waals surface area contributed by atoms with Crippen molar-refractivity contribution in [3.05, 3.63) is 52.6 Å². The van der Waals surface area contributed by atoms with Crippen molar-refractivity contribution in [1.29, 1.82) is 0 Å². The second-order valence-corrected chi connectivity index (χ2v) is 6.23. The quantitative estimate of drug-likeness (QED) is 0.372. The number of ether oxygens (including phenoxy) is 1. The number of nitro groups is 1. The summed E-state index contributed by atoms with van der Waals surface area (Å²) in [6.07, 6.45) is 0. The van der Waals surface area contributed by atoms with Crippen LogP contribution >= 0.6 is 11.8 Å². The number of amides is 1. The van der Waals surface area contributed by atoms with E-state index in [0.717, 1.165) is 16.8 Å². The molecule has 1 amide bonds. The second-order valence-electron chi connectivity index (χ2n) is 5.27. The minimum Gasteiger partial charge on any atom is -0.494 e. The molecule has 0 unspecified atom stereocenters. The summed E-state index contributed by atoms with van der Waals surface area (Å²) in [5, 5.41) is 14.1. The van der Waals surface area contributed by atoms with Gasteiger partial charge in [0.15, 0.2) is 5.16 Å². The number of rotatable bonds is 7. The number of benzene rings is 2. The molecular weight excluding hydrogens is 356 g/mol. The van der Waals surface area contributed by atoms with E-state index in [1.807, 2.05) is 25.1 Å². The molecular formula is C17H16N4O4S. The van der Waals surface area contributed by atoms with E-state index in [1.165, 1.54) is 23.9 Å². The molecule has 0 spiro atoms. The Kier molecular flexibility index (Phi) is 5.37. The lowest BCUT2D eigenvalue weighted by Crippen LogP contribution is -2.15. The first-order valence-corrected chi connectivity index (χ1v) is 8.84. The van der Waals surface area contributed by atoms with Crippen molar-refractivity contribution in [3.8, 4) is 5.75 Å². The predicted molar refractivity (Wildman–Crippen MR) is 99.7 cm³/mol. The van der Waals surface area contributed by atoms with Crippen molar-refractivity contribution >= 4 is 40.1 Å². The van der Waals surface area contributed by atoms with E-state index in [0.29, 0.717) is 11.8 Å². The van der Waals surface area contributed by atoms with Crippen LogP contribution in [-0.2, 0) is 4.79 Å². The Balaban J connectivity index is 1.64. The van der Waals surface area contributed by atoms with Gasteiger partial charge >= 0.3 is 0 Å². The summed E-state index contributed by atoms with van der Waals surface area (Å²) in [5.41, 5.74) is 1.62. The normalized spacial score (nSPS) is 10.7. The molecule has 0 atom stereocenters. The number of carbonyl (C=O) groups is 1. The Morgan fingerprint density at radius 3 is 2.92 bits per heavy atom.